The van der Waals surface area contributed by atoms with Crippen LogP contribution in [0.15, 0.2) is 46.8 Å². The minimum absolute atomic E-state index is 0.172. The molecule has 3 rings (SSSR count). The van der Waals surface area contributed by atoms with E-state index in [2.05, 4.69) is 47.7 Å². The molecule has 0 fully saturated rings. The maximum Gasteiger partial charge on any atom is 0.106 e. The summed E-state index contributed by atoms with van der Waals surface area (Å²) >= 11 is 9.71. The summed E-state index contributed by atoms with van der Waals surface area (Å²) in [5.74, 6) is 0. The number of thiazole rings is 1. The predicted octanol–water partition coefficient (Wildman–Crippen LogP) is 5.84. The van der Waals surface area contributed by atoms with E-state index < -0.39 is 0 Å². The molecule has 0 bridgehead atoms. The normalized spacial score (nSPS) is 12.5. The minimum atomic E-state index is 0.172. The molecule has 0 aliphatic rings. The van der Waals surface area contributed by atoms with Crippen LogP contribution < -0.4 is 5.32 Å². The van der Waals surface area contributed by atoms with Crippen LogP contribution in [-0.4, -0.2) is 11.2 Å². The number of aromatic nitrogens is 1. The first-order valence-electron chi connectivity index (χ1n) is 6.61. The van der Waals surface area contributed by atoms with Crippen molar-refractivity contribution in [3.8, 4) is 0 Å². The zero-order valence-electron chi connectivity index (χ0n) is 11.8. The molecular formula is C16H15ClN2S2. The van der Waals surface area contributed by atoms with Gasteiger partial charge in [-0.3, -0.25) is 0 Å². The monoisotopic (exact) mass is 334 g/mol. The van der Waals surface area contributed by atoms with Crippen LogP contribution in [-0.2, 0) is 0 Å². The maximum atomic E-state index is 6.34. The van der Waals surface area contributed by atoms with Gasteiger partial charge in [-0.25, -0.2) is 4.98 Å². The molecule has 5 heteroatoms. The Morgan fingerprint density at radius 1 is 1.19 bits per heavy atom. The third-order valence-corrected chi connectivity index (χ3v) is 5.28. The highest BCUT2D eigenvalue weighted by molar-refractivity contribution is 7.98. The van der Waals surface area contributed by atoms with Crippen LogP contribution >= 0.6 is 34.7 Å². The van der Waals surface area contributed by atoms with Gasteiger partial charge in [0.15, 0.2) is 0 Å². The first kappa shape index (κ1) is 14.7. The minimum Gasteiger partial charge on any atom is -0.376 e. The molecule has 0 aliphatic heterocycles. The van der Waals surface area contributed by atoms with E-state index in [4.69, 9.17) is 11.6 Å². The zero-order valence-corrected chi connectivity index (χ0v) is 14.1. The topological polar surface area (TPSA) is 24.9 Å². The second kappa shape index (κ2) is 6.26. The van der Waals surface area contributed by atoms with Gasteiger partial charge in [0.2, 0.25) is 0 Å². The summed E-state index contributed by atoms with van der Waals surface area (Å²) in [6, 6.07) is 12.7. The lowest BCUT2D eigenvalue weighted by atomic mass is 10.1. The molecular weight excluding hydrogens is 320 g/mol. The highest BCUT2D eigenvalue weighted by Crippen LogP contribution is 2.34. The quantitative estimate of drug-likeness (QED) is 0.606. The van der Waals surface area contributed by atoms with Gasteiger partial charge in [-0.05, 0) is 43.0 Å². The molecule has 0 saturated heterocycles. The van der Waals surface area contributed by atoms with E-state index >= 15 is 0 Å². The molecule has 21 heavy (non-hydrogen) atoms. The SMILES string of the molecule is CSc1ccc(C(C)Nc2c(Cl)ccc3scnc23)cc1. The smallest absolute Gasteiger partial charge is 0.106 e. The van der Waals surface area contributed by atoms with Crippen molar-refractivity contribution in [3.05, 3.63) is 52.5 Å². The Kier molecular flexibility index (Phi) is 4.38. The first-order valence-corrected chi connectivity index (χ1v) is 9.09. The highest BCUT2D eigenvalue weighted by Gasteiger charge is 2.12. The summed E-state index contributed by atoms with van der Waals surface area (Å²) in [7, 11) is 0. The summed E-state index contributed by atoms with van der Waals surface area (Å²) in [6.45, 7) is 2.13. The summed E-state index contributed by atoms with van der Waals surface area (Å²) < 4.78 is 1.15. The van der Waals surface area contributed by atoms with Crippen molar-refractivity contribution in [2.24, 2.45) is 0 Å². The van der Waals surface area contributed by atoms with E-state index in [1.165, 1.54) is 10.5 Å². The van der Waals surface area contributed by atoms with Gasteiger partial charge in [0.1, 0.15) is 5.52 Å². The molecule has 0 amide bonds. The molecule has 1 aromatic heterocycles. The average Bonchev–Trinajstić information content (AvgIpc) is 2.99. The summed E-state index contributed by atoms with van der Waals surface area (Å²) in [5.41, 5.74) is 4.94. The number of halogens is 1. The fourth-order valence-electron chi connectivity index (χ4n) is 2.24. The van der Waals surface area contributed by atoms with Crippen molar-refractivity contribution in [2.75, 3.05) is 11.6 Å². The van der Waals surface area contributed by atoms with E-state index in [1.54, 1.807) is 23.1 Å². The van der Waals surface area contributed by atoms with Gasteiger partial charge in [-0.1, -0.05) is 23.7 Å². The number of anilines is 1. The molecule has 1 atom stereocenters. The van der Waals surface area contributed by atoms with Crippen molar-refractivity contribution in [1.82, 2.24) is 4.98 Å². The van der Waals surface area contributed by atoms with Gasteiger partial charge in [0, 0.05) is 10.9 Å². The van der Waals surface area contributed by atoms with E-state index in [1.807, 2.05) is 17.6 Å². The largest absolute Gasteiger partial charge is 0.376 e. The lowest BCUT2D eigenvalue weighted by Gasteiger charge is -2.17. The van der Waals surface area contributed by atoms with Gasteiger partial charge in [0.25, 0.3) is 0 Å². The molecule has 0 saturated carbocycles. The number of thioether (sulfide) groups is 1. The van der Waals surface area contributed by atoms with Crippen molar-refractivity contribution >= 4 is 50.6 Å². The Morgan fingerprint density at radius 2 is 1.95 bits per heavy atom. The number of nitrogens with one attached hydrogen (secondary N) is 1. The molecule has 0 radical (unpaired) electrons. The maximum absolute atomic E-state index is 6.34. The average molecular weight is 335 g/mol. The van der Waals surface area contributed by atoms with Crippen molar-refractivity contribution in [3.63, 3.8) is 0 Å². The van der Waals surface area contributed by atoms with E-state index in [9.17, 15) is 0 Å². The van der Waals surface area contributed by atoms with Crippen molar-refractivity contribution < 1.29 is 0 Å². The molecule has 108 valence electrons. The van der Waals surface area contributed by atoms with Crippen LogP contribution in [0, 0.1) is 0 Å². The third-order valence-electron chi connectivity index (χ3n) is 3.43. The molecule has 1 unspecified atom stereocenters. The van der Waals surface area contributed by atoms with Gasteiger partial charge in [-0.15, -0.1) is 23.1 Å². The van der Waals surface area contributed by atoms with Crippen LogP contribution in [0.1, 0.15) is 18.5 Å². The summed E-state index contributed by atoms with van der Waals surface area (Å²) in [6.07, 6.45) is 2.08. The van der Waals surface area contributed by atoms with E-state index in [0.717, 1.165) is 15.9 Å². The van der Waals surface area contributed by atoms with Gasteiger partial charge >= 0.3 is 0 Å². The molecule has 1 heterocycles. The Morgan fingerprint density at radius 3 is 2.67 bits per heavy atom. The molecule has 1 N–H and O–H groups in total. The number of benzene rings is 2. The van der Waals surface area contributed by atoms with E-state index in [-0.39, 0.29) is 6.04 Å². The van der Waals surface area contributed by atoms with Gasteiger partial charge in [-0.2, -0.15) is 0 Å². The fraction of sp³-hybridized carbons (Fsp3) is 0.188. The van der Waals surface area contributed by atoms with E-state index in [0.29, 0.717) is 5.02 Å². The second-order valence-corrected chi connectivity index (χ2v) is 6.93. The highest BCUT2D eigenvalue weighted by atomic mass is 35.5. The van der Waals surface area contributed by atoms with Crippen LogP contribution in [0.25, 0.3) is 10.2 Å². The van der Waals surface area contributed by atoms with Crippen molar-refractivity contribution in [1.29, 1.82) is 0 Å². The number of nitrogens with zero attached hydrogens (tertiary/aromatic N) is 1. The second-order valence-electron chi connectivity index (χ2n) is 4.76. The van der Waals surface area contributed by atoms with Crippen LogP contribution in [0.3, 0.4) is 0 Å². The third kappa shape index (κ3) is 3.03. The molecule has 2 aromatic carbocycles. The van der Waals surface area contributed by atoms with Gasteiger partial charge < -0.3 is 5.32 Å². The van der Waals surface area contributed by atoms with Crippen molar-refractivity contribution in [2.45, 2.75) is 17.9 Å². The fourth-order valence-corrected chi connectivity index (χ4v) is 3.54. The summed E-state index contributed by atoms with van der Waals surface area (Å²) in [5, 5.41) is 4.21. The molecule has 0 spiro atoms. The number of hydrogen-bond acceptors (Lipinski definition) is 4. The first-order chi connectivity index (χ1) is 10.2. The standard InChI is InChI=1S/C16H15ClN2S2/c1-10(11-3-5-12(20-2)6-4-11)19-15-13(17)7-8-14-16(15)18-9-21-14/h3-10,19H,1-2H3. The zero-order chi connectivity index (χ0) is 14.8. The number of fused-ring (bicyclic) bond motifs is 1. The lowest BCUT2D eigenvalue weighted by molar-refractivity contribution is 0.884. The van der Waals surface area contributed by atoms with Gasteiger partial charge in [0.05, 0.1) is 20.9 Å². The predicted molar refractivity (Wildman–Crippen MR) is 94.9 cm³/mol. The van der Waals surface area contributed by atoms with Crippen LogP contribution in [0.2, 0.25) is 5.02 Å². The van der Waals surface area contributed by atoms with Crippen LogP contribution in [0.5, 0.6) is 0 Å². The number of hydrogen-bond donors (Lipinski definition) is 1. The molecule has 3 aromatic rings. The Hall–Kier alpha value is -1.23. The molecule has 0 aliphatic carbocycles. The Balaban J connectivity index is 1.90. The number of rotatable bonds is 4. The van der Waals surface area contributed by atoms with Crippen LogP contribution in [0.4, 0.5) is 5.69 Å². The summed E-state index contributed by atoms with van der Waals surface area (Å²) in [4.78, 5) is 5.69. The molecule has 2 nitrogen and oxygen atoms in total. The Labute approximate surface area is 137 Å². The lowest BCUT2D eigenvalue weighted by Crippen LogP contribution is -2.07. The Bertz CT molecular complexity index is 753.